The van der Waals surface area contributed by atoms with Gasteiger partial charge in [-0.25, -0.2) is 14.5 Å². The Morgan fingerprint density at radius 1 is 1.43 bits per heavy atom. The van der Waals surface area contributed by atoms with Crippen LogP contribution in [0.25, 0.3) is 11.3 Å². The number of aromatic nitrogens is 5. The molecule has 1 N–H and O–H groups in total. The molecule has 3 rings (SSSR count). The number of rotatable bonds is 4. The predicted octanol–water partition coefficient (Wildman–Crippen LogP) is 1.85. The second-order valence-electron chi connectivity index (χ2n) is 4.34. The molecule has 0 aromatic carbocycles. The molecule has 3 aromatic heterocycles. The van der Waals surface area contributed by atoms with Crippen molar-refractivity contribution in [1.82, 2.24) is 25.0 Å². The number of pyridine rings is 1. The third kappa shape index (κ3) is 2.65. The van der Waals surface area contributed by atoms with E-state index in [9.17, 15) is 9.90 Å². The van der Waals surface area contributed by atoms with Crippen LogP contribution in [-0.4, -0.2) is 36.0 Å². The van der Waals surface area contributed by atoms with Crippen molar-refractivity contribution < 1.29 is 9.90 Å². The number of hydrogen-bond acceptors (Lipinski definition) is 6. The first-order chi connectivity index (χ1) is 10.1. The SMILES string of the molecule is Cc1ncc(Cn2nnc(C(=O)O)c2-c2cccnc2)s1. The Morgan fingerprint density at radius 2 is 2.29 bits per heavy atom. The van der Waals surface area contributed by atoms with Crippen molar-refractivity contribution in [1.29, 1.82) is 0 Å². The van der Waals surface area contributed by atoms with Gasteiger partial charge in [0.1, 0.15) is 5.69 Å². The molecule has 21 heavy (non-hydrogen) atoms. The number of nitrogens with zero attached hydrogens (tertiary/aromatic N) is 5. The number of carboxylic acid groups (broad SMARTS) is 1. The van der Waals surface area contributed by atoms with Gasteiger partial charge in [0, 0.05) is 29.0 Å². The minimum atomic E-state index is -1.11. The standard InChI is InChI=1S/C13H11N5O2S/c1-8-15-6-10(21-8)7-18-12(9-3-2-4-14-5-9)11(13(19)20)16-17-18/h2-6H,7H2,1H3,(H,19,20). The average Bonchev–Trinajstić information content (AvgIpc) is 3.07. The molecule has 8 heteroatoms. The summed E-state index contributed by atoms with van der Waals surface area (Å²) in [4.78, 5) is 20.5. The smallest absolute Gasteiger partial charge is 0.358 e. The van der Waals surface area contributed by atoms with Gasteiger partial charge in [-0.2, -0.15) is 0 Å². The first kappa shape index (κ1) is 13.4. The van der Waals surface area contributed by atoms with Crippen molar-refractivity contribution in [3.05, 3.63) is 46.3 Å². The van der Waals surface area contributed by atoms with Crippen molar-refractivity contribution >= 4 is 17.3 Å². The van der Waals surface area contributed by atoms with E-state index in [4.69, 9.17) is 0 Å². The second-order valence-corrected chi connectivity index (χ2v) is 5.66. The second kappa shape index (κ2) is 5.41. The van der Waals surface area contributed by atoms with Gasteiger partial charge in [0.2, 0.25) is 0 Å². The molecule has 0 spiro atoms. The monoisotopic (exact) mass is 301 g/mol. The van der Waals surface area contributed by atoms with Crippen LogP contribution < -0.4 is 0 Å². The molecule has 0 saturated carbocycles. The van der Waals surface area contributed by atoms with Crippen molar-refractivity contribution in [3.63, 3.8) is 0 Å². The minimum absolute atomic E-state index is 0.0794. The molecular formula is C13H11N5O2S. The highest BCUT2D eigenvalue weighted by atomic mass is 32.1. The lowest BCUT2D eigenvalue weighted by molar-refractivity contribution is 0.0691. The quantitative estimate of drug-likeness (QED) is 0.790. The number of aromatic carboxylic acids is 1. The van der Waals surface area contributed by atoms with Gasteiger partial charge in [0.15, 0.2) is 5.69 Å². The first-order valence-electron chi connectivity index (χ1n) is 6.13. The summed E-state index contributed by atoms with van der Waals surface area (Å²) in [6.45, 7) is 2.34. The molecule has 0 atom stereocenters. The highest BCUT2D eigenvalue weighted by Gasteiger charge is 2.21. The van der Waals surface area contributed by atoms with Crippen LogP contribution in [0.4, 0.5) is 0 Å². The van der Waals surface area contributed by atoms with Gasteiger partial charge in [-0.3, -0.25) is 4.98 Å². The normalized spacial score (nSPS) is 10.7. The number of carbonyl (C=O) groups is 1. The average molecular weight is 301 g/mol. The molecule has 0 aliphatic carbocycles. The van der Waals surface area contributed by atoms with E-state index < -0.39 is 5.97 Å². The predicted molar refractivity (Wildman–Crippen MR) is 76.2 cm³/mol. The summed E-state index contributed by atoms with van der Waals surface area (Å²) in [5, 5.41) is 17.9. The third-order valence-corrected chi connectivity index (χ3v) is 3.74. The Kier molecular flexibility index (Phi) is 3.44. The Morgan fingerprint density at radius 3 is 2.90 bits per heavy atom. The topological polar surface area (TPSA) is 93.8 Å². The van der Waals surface area contributed by atoms with Crippen LogP contribution >= 0.6 is 11.3 Å². The fraction of sp³-hybridized carbons (Fsp3) is 0.154. The van der Waals surface area contributed by atoms with Gasteiger partial charge in [-0.15, -0.1) is 16.4 Å². The van der Waals surface area contributed by atoms with Gasteiger partial charge in [0.05, 0.1) is 11.6 Å². The molecule has 106 valence electrons. The molecule has 7 nitrogen and oxygen atoms in total. The molecule has 0 aliphatic heterocycles. The first-order valence-corrected chi connectivity index (χ1v) is 6.95. The lowest BCUT2D eigenvalue weighted by Gasteiger charge is -2.05. The lowest BCUT2D eigenvalue weighted by Crippen LogP contribution is -2.05. The van der Waals surface area contributed by atoms with E-state index >= 15 is 0 Å². The molecule has 0 bridgehead atoms. The highest BCUT2D eigenvalue weighted by Crippen LogP contribution is 2.23. The Labute approximate surface area is 123 Å². The summed E-state index contributed by atoms with van der Waals surface area (Å²) >= 11 is 1.54. The number of hydrogen-bond donors (Lipinski definition) is 1. The number of carboxylic acids is 1. The van der Waals surface area contributed by atoms with Gasteiger partial charge >= 0.3 is 5.97 Å². The molecule has 3 heterocycles. The van der Waals surface area contributed by atoms with Gasteiger partial charge < -0.3 is 5.11 Å². The third-order valence-electron chi connectivity index (χ3n) is 2.85. The zero-order valence-electron chi connectivity index (χ0n) is 11.1. The van der Waals surface area contributed by atoms with Crippen LogP contribution in [0.5, 0.6) is 0 Å². The Bertz CT molecular complexity index is 781. The van der Waals surface area contributed by atoms with Crippen molar-refractivity contribution in [2.45, 2.75) is 13.5 Å². The van der Waals surface area contributed by atoms with E-state index in [0.29, 0.717) is 17.8 Å². The maximum Gasteiger partial charge on any atom is 0.358 e. The summed E-state index contributed by atoms with van der Waals surface area (Å²) in [7, 11) is 0. The van der Waals surface area contributed by atoms with Crippen LogP contribution in [-0.2, 0) is 6.54 Å². The molecule has 0 aliphatic rings. The van der Waals surface area contributed by atoms with Crippen LogP contribution in [0.1, 0.15) is 20.4 Å². The molecular weight excluding hydrogens is 290 g/mol. The summed E-state index contributed by atoms with van der Waals surface area (Å²) in [5.41, 5.74) is 1.03. The Hall–Kier alpha value is -2.61. The fourth-order valence-electron chi connectivity index (χ4n) is 1.98. The summed E-state index contributed by atoms with van der Waals surface area (Å²) in [6, 6.07) is 3.53. The van der Waals surface area contributed by atoms with Crippen molar-refractivity contribution in [3.8, 4) is 11.3 Å². The Balaban J connectivity index is 2.07. The van der Waals surface area contributed by atoms with Gasteiger partial charge in [0.25, 0.3) is 0 Å². The molecule has 0 amide bonds. The molecule has 0 saturated heterocycles. The molecule has 3 aromatic rings. The van der Waals surface area contributed by atoms with E-state index in [0.717, 1.165) is 9.88 Å². The van der Waals surface area contributed by atoms with Crippen molar-refractivity contribution in [2.24, 2.45) is 0 Å². The number of aryl methyl sites for hydroxylation is 1. The fourth-order valence-corrected chi connectivity index (χ4v) is 2.76. The van der Waals surface area contributed by atoms with E-state index in [-0.39, 0.29) is 5.69 Å². The van der Waals surface area contributed by atoms with Crippen LogP contribution in [0, 0.1) is 6.92 Å². The van der Waals surface area contributed by atoms with Crippen molar-refractivity contribution in [2.75, 3.05) is 0 Å². The zero-order chi connectivity index (χ0) is 14.8. The molecule has 0 radical (unpaired) electrons. The summed E-state index contributed by atoms with van der Waals surface area (Å²) < 4.78 is 1.56. The van der Waals surface area contributed by atoms with E-state index in [1.807, 2.05) is 6.92 Å². The molecule has 0 fully saturated rings. The van der Waals surface area contributed by atoms with Gasteiger partial charge in [-0.05, 0) is 19.1 Å². The lowest BCUT2D eigenvalue weighted by atomic mass is 10.1. The van der Waals surface area contributed by atoms with E-state index in [2.05, 4.69) is 20.3 Å². The van der Waals surface area contributed by atoms with Gasteiger partial charge in [-0.1, -0.05) is 5.21 Å². The van der Waals surface area contributed by atoms with Crippen LogP contribution in [0.3, 0.4) is 0 Å². The summed E-state index contributed by atoms with van der Waals surface area (Å²) in [6.07, 6.45) is 4.99. The highest BCUT2D eigenvalue weighted by molar-refractivity contribution is 7.11. The van der Waals surface area contributed by atoms with Crippen LogP contribution in [0.2, 0.25) is 0 Å². The number of thiazole rings is 1. The van der Waals surface area contributed by atoms with E-state index in [1.165, 1.54) is 0 Å². The van der Waals surface area contributed by atoms with Crippen LogP contribution in [0.15, 0.2) is 30.7 Å². The minimum Gasteiger partial charge on any atom is -0.476 e. The molecule has 0 unspecified atom stereocenters. The van der Waals surface area contributed by atoms with E-state index in [1.54, 1.807) is 46.7 Å². The zero-order valence-corrected chi connectivity index (χ0v) is 11.9. The maximum absolute atomic E-state index is 11.3. The summed E-state index contributed by atoms with van der Waals surface area (Å²) in [5.74, 6) is -1.11. The largest absolute Gasteiger partial charge is 0.476 e. The maximum atomic E-state index is 11.3.